The Balaban J connectivity index is 1.74. The molecule has 140 valence electrons. The fourth-order valence-electron chi connectivity index (χ4n) is 2.94. The van der Waals surface area contributed by atoms with Crippen LogP contribution in [0.5, 0.6) is 5.75 Å². The highest BCUT2D eigenvalue weighted by Crippen LogP contribution is 2.24. The van der Waals surface area contributed by atoms with Crippen LogP contribution in [0.3, 0.4) is 0 Å². The molecule has 2 aromatic rings. The van der Waals surface area contributed by atoms with E-state index < -0.39 is 23.0 Å². The van der Waals surface area contributed by atoms with Crippen molar-refractivity contribution in [1.29, 1.82) is 0 Å². The molecule has 0 unspecified atom stereocenters. The average molecular weight is 433 g/mol. The highest BCUT2D eigenvalue weighted by molar-refractivity contribution is 9.09. The number of amides is 2. The minimum absolute atomic E-state index is 0.0711. The van der Waals surface area contributed by atoms with Crippen molar-refractivity contribution in [3.63, 3.8) is 0 Å². The van der Waals surface area contributed by atoms with E-state index in [0.717, 1.165) is 27.0 Å². The van der Waals surface area contributed by atoms with Gasteiger partial charge in [0, 0.05) is 4.91 Å². The van der Waals surface area contributed by atoms with E-state index in [1.54, 1.807) is 7.11 Å². The second kappa shape index (κ2) is 8.28. The van der Waals surface area contributed by atoms with Crippen molar-refractivity contribution in [3.8, 4) is 5.75 Å². The molecule has 0 N–H and O–H groups in total. The molecule has 1 fully saturated rings. The third kappa shape index (κ3) is 4.15. The number of hydrogen-bond acceptors (Lipinski definition) is 5. The van der Waals surface area contributed by atoms with E-state index in [1.807, 2.05) is 36.4 Å². The molecule has 0 radical (unpaired) electrons. The molecule has 0 saturated carbocycles. The van der Waals surface area contributed by atoms with Crippen LogP contribution in [-0.2, 0) is 16.0 Å². The van der Waals surface area contributed by atoms with Gasteiger partial charge in [-0.15, -0.1) is 0 Å². The molecule has 1 aliphatic rings. The van der Waals surface area contributed by atoms with Crippen LogP contribution in [0.1, 0.15) is 12.0 Å². The van der Waals surface area contributed by atoms with Crippen LogP contribution in [0.25, 0.3) is 21.2 Å². The summed E-state index contributed by atoms with van der Waals surface area (Å²) in [7, 11) is 1.62. The van der Waals surface area contributed by atoms with Crippen LogP contribution in [0.4, 0.5) is 4.79 Å². The lowest BCUT2D eigenvalue weighted by Gasteiger charge is -2.19. The van der Waals surface area contributed by atoms with E-state index in [0.29, 0.717) is 6.42 Å². The number of rotatable bonds is 6. The second-order valence-electron chi connectivity index (χ2n) is 6.03. The average Bonchev–Trinajstić information content (AvgIpc) is 3.02. The first kappa shape index (κ1) is 19.0. The molecule has 1 heterocycles. The van der Waals surface area contributed by atoms with E-state index >= 15 is 0 Å². The quantitative estimate of drug-likeness (QED) is 0.224. The number of imide groups is 1. The smallest absolute Gasteiger partial charge is 0.417 e. The molecule has 0 aromatic heterocycles. The molecule has 0 bridgehead atoms. The van der Waals surface area contributed by atoms with Crippen molar-refractivity contribution in [2.45, 2.75) is 23.8 Å². The van der Waals surface area contributed by atoms with Gasteiger partial charge in [0.25, 0.3) is 0 Å². The fourth-order valence-corrected chi connectivity index (χ4v) is 3.44. The van der Waals surface area contributed by atoms with E-state index in [1.165, 1.54) is 0 Å². The summed E-state index contributed by atoms with van der Waals surface area (Å²) in [5.74, 6) is 0.216. The maximum Gasteiger partial charge on any atom is 0.417 e. The number of carbonyl (C=O) groups excluding carboxylic acids is 2. The van der Waals surface area contributed by atoms with Crippen LogP contribution in [-0.4, -0.2) is 41.6 Å². The summed E-state index contributed by atoms with van der Waals surface area (Å²) in [6, 6.07) is 10.8. The van der Waals surface area contributed by atoms with Crippen LogP contribution < -0.4 is 4.74 Å². The van der Waals surface area contributed by atoms with Crippen molar-refractivity contribution in [2.75, 3.05) is 13.7 Å². The predicted octanol–water partition coefficient (Wildman–Crippen LogP) is 4.16. The summed E-state index contributed by atoms with van der Waals surface area (Å²) in [5.41, 5.74) is 9.79. The van der Waals surface area contributed by atoms with Gasteiger partial charge in [0.2, 0.25) is 5.91 Å². The van der Waals surface area contributed by atoms with Crippen LogP contribution >= 0.6 is 15.9 Å². The number of cyclic esters (lactones) is 1. The minimum atomic E-state index is -0.979. The largest absolute Gasteiger partial charge is 0.497 e. The molecule has 1 saturated heterocycles. The van der Waals surface area contributed by atoms with Gasteiger partial charge in [0.05, 0.1) is 7.11 Å². The Morgan fingerprint density at radius 2 is 2.15 bits per heavy atom. The Morgan fingerprint density at radius 1 is 1.41 bits per heavy atom. The van der Waals surface area contributed by atoms with E-state index in [2.05, 4.69) is 26.0 Å². The third-order valence-corrected chi connectivity index (χ3v) is 5.03. The van der Waals surface area contributed by atoms with Crippen molar-refractivity contribution < 1.29 is 19.1 Å². The molecular formula is C18H17BrN4O4. The number of hydrogen-bond donors (Lipinski definition) is 0. The van der Waals surface area contributed by atoms with E-state index in [4.69, 9.17) is 15.0 Å². The number of aryl methyl sites for hydroxylation is 1. The van der Waals surface area contributed by atoms with Crippen molar-refractivity contribution >= 4 is 38.7 Å². The Labute approximate surface area is 163 Å². The number of nitrogens with zero attached hydrogens (tertiary/aromatic N) is 4. The fraction of sp³-hybridized carbons (Fsp3) is 0.333. The lowest BCUT2D eigenvalue weighted by molar-refractivity contribution is -0.129. The van der Waals surface area contributed by atoms with E-state index in [9.17, 15) is 9.59 Å². The highest BCUT2D eigenvalue weighted by Gasteiger charge is 2.39. The summed E-state index contributed by atoms with van der Waals surface area (Å²) >= 11 is 3.21. The maximum atomic E-state index is 12.6. The van der Waals surface area contributed by atoms with Gasteiger partial charge < -0.3 is 9.47 Å². The molecule has 27 heavy (non-hydrogen) atoms. The Kier molecular flexibility index (Phi) is 5.83. The Bertz CT molecular complexity index is 929. The van der Waals surface area contributed by atoms with Crippen LogP contribution in [0, 0.1) is 0 Å². The lowest BCUT2D eigenvalue weighted by Crippen LogP contribution is -2.42. The summed E-state index contributed by atoms with van der Waals surface area (Å²) in [6.45, 7) is 0.0711. The molecule has 2 atom stereocenters. The molecule has 0 aliphatic carbocycles. The normalized spacial score (nSPS) is 17.3. The standard InChI is InChI=1S/C18H17BrN4O4/c1-26-14-6-5-12-8-11(2-4-13(12)9-14)3-7-15(21-22-20)17(24)23-16(19)10-27-18(23)25/h2,4-6,8-9,15-16H,3,7,10H2,1H3/t15-,16+/m0/s1. The number of methoxy groups -OCH3 is 1. The first-order chi connectivity index (χ1) is 13.0. The number of ether oxygens (including phenoxy) is 2. The monoisotopic (exact) mass is 432 g/mol. The number of fused-ring (bicyclic) bond motifs is 1. The molecule has 0 spiro atoms. The minimum Gasteiger partial charge on any atom is -0.497 e. The Morgan fingerprint density at radius 3 is 2.81 bits per heavy atom. The molecule has 1 aliphatic heterocycles. The Hall–Kier alpha value is -2.77. The topological polar surface area (TPSA) is 105 Å². The zero-order chi connectivity index (χ0) is 19.4. The molecule has 9 heteroatoms. The molecular weight excluding hydrogens is 416 g/mol. The third-order valence-electron chi connectivity index (χ3n) is 4.35. The number of halogens is 1. The van der Waals surface area contributed by atoms with E-state index in [-0.39, 0.29) is 13.0 Å². The summed E-state index contributed by atoms with van der Waals surface area (Å²) in [4.78, 5) is 27.4. The zero-order valence-electron chi connectivity index (χ0n) is 14.5. The number of carbonyl (C=O) groups is 2. The molecule has 8 nitrogen and oxygen atoms in total. The van der Waals surface area contributed by atoms with Gasteiger partial charge >= 0.3 is 6.09 Å². The second-order valence-corrected chi connectivity index (χ2v) is 7.08. The molecule has 2 amide bonds. The van der Waals surface area contributed by atoms with Gasteiger partial charge in [-0.1, -0.05) is 45.3 Å². The summed E-state index contributed by atoms with van der Waals surface area (Å²) in [6.07, 6.45) is 0.0704. The number of benzene rings is 2. The first-order valence-corrected chi connectivity index (χ1v) is 9.20. The predicted molar refractivity (Wildman–Crippen MR) is 103 cm³/mol. The summed E-state index contributed by atoms with van der Waals surface area (Å²) < 4.78 is 10.1. The van der Waals surface area contributed by atoms with Crippen molar-refractivity contribution in [3.05, 3.63) is 52.4 Å². The first-order valence-electron chi connectivity index (χ1n) is 8.28. The van der Waals surface area contributed by atoms with Crippen molar-refractivity contribution in [2.24, 2.45) is 5.11 Å². The molecule has 3 rings (SSSR count). The van der Waals surface area contributed by atoms with Gasteiger partial charge in [0.15, 0.2) is 0 Å². The summed E-state index contributed by atoms with van der Waals surface area (Å²) in [5, 5.41) is 5.67. The van der Waals surface area contributed by atoms with Gasteiger partial charge in [-0.05, 0) is 46.8 Å². The number of azide groups is 1. The van der Waals surface area contributed by atoms with Crippen LogP contribution in [0.2, 0.25) is 0 Å². The van der Waals surface area contributed by atoms with Gasteiger partial charge in [-0.3, -0.25) is 4.79 Å². The SMILES string of the molecule is COc1ccc2cc(CC[C@H](N=[N+]=[N-])C(=O)N3C(=O)OC[C@@H]3Br)ccc2c1. The van der Waals surface area contributed by atoms with Gasteiger partial charge in [-0.2, -0.15) is 0 Å². The van der Waals surface area contributed by atoms with Gasteiger partial charge in [0.1, 0.15) is 23.3 Å². The zero-order valence-corrected chi connectivity index (χ0v) is 16.1. The number of alkyl halides is 1. The highest BCUT2D eigenvalue weighted by atomic mass is 79.9. The molecule has 2 aromatic carbocycles. The van der Waals surface area contributed by atoms with Gasteiger partial charge in [-0.25, -0.2) is 9.69 Å². The van der Waals surface area contributed by atoms with Crippen molar-refractivity contribution in [1.82, 2.24) is 4.90 Å². The van der Waals surface area contributed by atoms with Crippen LogP contribution in [0.15, 0.2) is 41.5 Å². The maximum absolute atomic E-state index is 12.6. The lowest BCUT2D eigenvalue weighted by atomic mass is 10.0.